The van der Waals surface area contributed by atoms with E-state index in [9.17, 15) is 4.79 Å². The van der Waals surface area contributed by atoms with Gasteiger partial charge < -0.3 is 5.32 Å². The lowest BCUT2D eigenvalue weighted by atomic mass is 10.2. The third-order valence-electron chi connectivity index (χ3n) is 5.13. The number of amides is 1. The zero-order valence-corrected chi connectivity index (χ0v) is 20.5. The number of thiazole rings is 1. The van der Waals surface area contributed by atoms with Crippen LogP contribution in [-0.4, -0.2) is 35.6 Å². The first kappa shape index (κ1) is 22.9. The van der Waals surface area contributed by atoms with Gasteiger partial charge in [-0.1, -0.05) is 35.5 Å². The first-order chi connectivity index (χ1) is 17.2. The molecule has 10 heteroatoms. The molecule has 0 fully saturated rings. The van der Waals surface area contributed by atoms with Crippen molar-refractivity contribution in [1.82, 2.24) is 35.0 Å². The molecule has 4 aromatic heterocycles. The summed E-state index contributed by atoms with van der Waals surface area (Å²) in [5, 5.41) is 15.1. The Balaban J connectivity index is 1.32. The van der Waals surface area contributed by atoms with E-state index in [1.807, 2.05) is 34.9 Å². The van der Waals surface area contributed by atoms with Gasteiger partial charge >= 0.3 is 0 Å². The highest BCUT2D eigenvalue weighted by molar-refractivity contribution is 7.98. The van der Waals surface area contributed by atoms with Crippen molar-refractivity contribution in [2.75, 3.05) is 0 Å². The van der Waals surface area contributed by atoms with Crippen LogP contribution in [0.5, 0.6) is 0 Å². The maximum Gasteiger partial charge on any atom is 0.271 e. The molecule has 5 aromatic rings. The molecule has 0 saturated carbocycles. The van der Waals surface area contributed by atoms with Crippen molar-refractivity contribution in [3.63, 3.8) is 0 Å². The van der Waals surface area contributed by atoms with E-state index in [1.54, 1.807) is 24.0 Å². The first-order valence-corrected chi connectivity index (χ1v) is 12.7. The minimum Gasteiger partial charge on any atom is -0.345 e. The normalized spacial score (nSPS) is 10.9. The monoisotopic (exact) mass is 499 g/mol. The smallest absolute Gasteiger partial charge is 0.271 e. The van der Waals surface area contributed by atoms with Crippen LogP contribution in [0.1, 0.15) is 26.8 Å². The summed E-state index contributed by atoms with van der Waals surface area (Å²) in [6.45, 7) is 2.42. The van der Waals surface area contributed by atoms with Crippen LogP contribution in [-0.2, 0) is 12.3 Å². The lowest BCUT2D eigenvalue weighted by molar-refractivity contribution is 0.0946. The van der Waals surface area contributed by atoms with E-state index in [2.05, 4.69) is 61.7 Å². The van der Waals surface area contributed by atoms with E-state index >= 15 is 0 Å². The predicted molar refractivity (Wildman–Crippen MR) is 136 cm³/mol. The van der Waals surface area contributed by atoms with Crippen molar-refractivity contribution in [3.8, 4) is 17.1 Å². The Morgan fingerprint density at radius 1 is 1.03 bits per heavy atom. The first-order valence-electron chi connectivity index (χ1n) is 10.9. The van der Waals surface area contributed by atoms with Gasteiger partial charge in [-0.25, -0.2) is 4.98 Å². The lowest BCUT2D eigenvalue weighted by Crippen LogP contribution is -2.23. The summed E-state index contributed by atoms with van der Waals surface area (Å²) >= 11 is 2.98. The number of aryl methyl sites for hydroxylation is 1. The molecule has 174 valence electrons. The minimum absolute atomic E-state index is 0.217. The number of aromatic nitrogens is 6. The number of carbonyl (C=O) groups is 1. The van der Waals surface area contributed by atoms with Crippen LogP contribution in [0.4, 0.5) is 0 Å². The van der Waals surface area contributed by atoms with Crippen molar-refractivity contribution in [1.29, 1.82) is 0 Å². The van der Waals surface area contributed by atoms with Gasteiger partial charge in [0.1, 0.15) is 10.7 Å². The van der Waals surface area contributed by atoms with E-state index < -0.39 is 0 Å². The fourth-order valence-corrected chi connectivity index (χ4v) is 5.09. The molecular formula is C25H21N7OS2. The molecule has 5 rings (SSSR count). The van der Waals surface area contributed by atoms with Crippen LogP contribution in [0.15, 0.2) is 83.7 Å². The van der Waals surface area contributed by atoms with Crippen molar-refractivity contribution in [2.24, 2.45) is 0 Å². The van der Waals surface area contributed by atoms with Gasteiger partial charge in [-0.3, -0.25) is 19.3 Å². The Bertz CT molecular complexity index is 1420. The number of thioether (sulfide) groups is 1. The Morgan fingerprint density at radius 3 is 2.63 bits per heavy atom. The third-order valence-corrected chi connectivity index (χ3v) is 7.10. The summed E-state index contributed by atoms with van der Waals surface area (Å²) in [5.74, 6) is 1.09. The number of benzene rings is 1. The highest BCUT2D eigenvalue weighted by atomic mass is 32.2. The number of nitrogens with one attached hydrogen (secondary N) is 1. The maximum absolute atomic E-state index is 12.5. The summed E-state index contributed by atoms with van der Waals surface area (Å²) in [6.07, 6.45) is 5.19. The molecule has 0 aliphatic rings. The molecular weight excluding hydrogens is 478 g/mol. The summed E-state index contributed by atoms with van der Waals surface area (Å²) in [7, 11) is 0. The van der Waals surface area contributed by atoms with Gasteiger partial charge in [-0.15, -0.1) is 21.5 Å². The van der Waals surface area contributed by atoms with Crippen molar-refractivity contribution < 1.29 is 4.79 Å². The van der Waals surface area contributed by atoms with Gasteiger partial charge in [0.15, 0.2) is 11.0 Å². The largest absolute Gasteiger partial charge is 0.345 e. The summed E-state index contributed by atoms with van der Waals surface area (Å²) in [4.78, 5) is 25.3. The summed E-state index contributed by atoms with van der Waals surface area (Å²) < 4.78 is 2.04. The van der Waals surface area contributed by atoms with Crippen LogP contribution in [0.3, 0.4) is 0 Å². The number of pyridine rings is 2. The number of carbonyl (C=O) groups excluding carboxylic acids is 1. The number of hydrogen-bond acceptors (Lipinski definition) is 8. The molecule has 8 nitrogen and oxygen atoms in total. The van der Waals surface area contributed by atoms with Crippen LogP contribution < -0.4 is 5.32 Å². The second-order valence-electron chi connectivity index (χ2n) is 7.63. The summed E-state index contributed by atoms with van der Waals surface area (Å²) in [6, 6.07) is 17.7. The molecule has 0 unspecified atom stereocenters. The zero-order chi connectivity index (χ0) is 24.0. The molecule has 1 aromatic carbocycles. The molecule has 1 N–H and O–H groups in total. The van der Waals surface area contributed by atoms with E-state index in [0.717, 1.165) is 32.9 Å². The van der Waals surface area contributed by atoms with Crippen molar-refractivity contribution in [3.05, 3.63) is 101 Å². The zero-order valence-electron chi connectivity index (χ0n) is 18.8. The van der Waals surface area contributed by atoms with Gasteiger partial charge in [-0.05, 0) is 43.3 Å². The highest BCUT2D eigenvalue weighted by Crippen LogP contribution is 2.30. The molecule has 1 amide bonds. The maximum atomic E-state index is 12.5. The number of nitrogens with zero attached hydrogens (tertiary/aromatic N) is 6. The standard InChI is InChI=1S/C25H21N7OS2/c1-17-5-7-20(8-6-17)32-23(18-9-12-26-13-10-18)30-31-25(32)35-16-22-29-21(15-34-22)24(33)28-14-19-4-2-3-11-27-19/h2-13,15H,14,16H2,1H3,(H,28,33). The van der Waals surface area contributed by atoms with E-state index in [4.69, 9.17) is 0 Å². The Hall–Kier alpha value is -3.89. The topological polar surface area (TPSA) is 98.5 Å². The van der Waals surface area contributed by atoms with Crippen molar-refractivity contribution in [2.45, 2.75) is 24.4 Å². The molecule has 4 heterocycles. The Morgan fingerprint density at radius 2 is 1.86 bits per heavy atom. The van der Waals surface area contributed by atoms with Crippen LogP contribution in [0, 0.1) is 6.92 Å². The second kappa shape index (κ2) is 10.6. The number of hydrogen-bond donors (Lipinski definition) is 1. The molecule has 0 aliphatic heterocycles. The van der Waals surface area contributed by atoms with E-state index in [0.29, 0.717) is 18.0 Å². The molecule has 0 bridgehead atoms. The van der Waals surface area contributed by atoms with Crippen LogP contribution >= 0.6 is 23.1 Å². The van der Waals surface area contributed by atoms with E-state index in [1.165, 1.54) is 28.7 Å². The van der Waals surface area contributed by atoms with Gasteiger partial charge in [0.05, 0.1) is 18.0 Å². The van der Waals surface area contributed by atoms with E-state index in [-0.39, 0.29) is 5.91 Å². The SMILES string of the molecule is Cc1ccc(-n2c(SCc3nc(C(=O)NCc4ccccn4)cs3)nnc2-c2ccncc2)cc1. The molecule has 0 aliphatic carbocycles. The molecule has 0 spiro atoms. The predicted octanol–water partition coefficient (Wildman–Crippen LogP) is 4.71. The molecule has 0 saturated heterocycles. The average Bonchev–Trinajstić information content (AvgIpc) is 3.55. The third kappa shape index (κ3) is 5.44. The van der Waals surface area contributed by atoms with Gasteiger partial charge in [0.25, 0.3) is 5.91 Å². The van der Waals surface area contributed by atoms with Crippen molar-refractivity contribution >= 4 is 29.0 Å². The Kier molecular flexibility index (Phi) is 6.92. The summed E-state index contributed by atoms with van der Waals surface area (Å²) in [5.41, 5.74) is 4.29. The minimum atomic E-state index is -0.217. The fraction of sp³-hybridized carbons (Fsp3) is 0.120. The van der Waals surface area contributed by atoms with Gasteiger partial charge in [-0.2, -0.15) is 0 Å². The van der Waals surface area contributed by atoms with Gasteiger partial charge in [0, 0.05) is 35.2 Å². The van der Waals surface area contributed by atoms with Crippen LogP contribution in [0.25, 0.3) is 17.1 Å². The number of rotatable bonds is 8. The fourth-order valence-electron chi connectivity index (χ4n) is 3.35. The molecule has 0 atom stereocenters. The van der Waals surface area contributed by atoms with Gasteiger partial charge in [0.2, 0.25) is 0 Å². The van der Waals surface area contributed by atoms with Crippen LogP contribution in [0.2, 0.25) is 0 Å². The lowest BCUT2D eigenvalue weighted by Gasteiger charge is -2.10. The quantitative estimate of drug-likeness (QED) is 0.309. The molecule has 0 radical (unpaired) electrons. The highest BCUT2D eigenvalue weighted by Gasteiger charge is 2.17. The molecule has 35 heavy (non-hydrogen) atoms. The average molecular weight is 500 g/mol. The second-order valence-corrected chi connectivity index (χ2v) is 9.52. The Labute approximate surface area is 210 Å².